The van der Waals surface area contributed by atoms with Crippen LogP contribution in [-0.2, 0) is 13.0 Å². The topological polar surface area (TPSA) is 65.7 Å². The molecule has 126 valence electrons. The van der Waals surface area contributed by atoms with Crippen LogP contribution in [-0.4, -0.2) is 35.7 Å². The van der Waals surface area contributed by atoms with Crippen molar-refractivity contribution in [3.8, 4) is 0 Å². The van der Waals surface area contributed by atoms with Crippen LogP contribution in [0.1, 0.15) is 38.0 Å². The lowest BCUT2D eigenvalue weighted by atomic mass is 10.1. The number of carbonyl (C=O) groups is 1. The first-order valence-electron chi connectivity index (χ1n) is 8.18. The van der Waals surface area contributed by atoms with Gasteiger partial charge in [0.05, 0.1) is 6.54 Å². The highest BCUT2D eigenvalue weighted by atomic mass is 16.3. The highest BCUT2D eigenvalue weighted by Crippen LogP contribution is 2.27. The Labute approximate surface area is 137 Å². The predicted octanol–water partition coefficient (Wildman–Crippen LogP) is 3.30. The maximum atomic E-state index is 12.3. The molecule has 0 aliphatic rings. The molecule has 0 fully saturated rings. The minimum atomic E-state index is -0.109. The van der Waals surface area contributed by atoms with Crippen LogP contribution in [0.25, 0.3) is 11.0 Å². The summed E-state index contributed by atoms with van der Waals surface area (Å²) >= 11 is 0. The molecule has 0 radical (unpaired) electrons. The SMILES string of the molecule is CCc1oc2ccccc2c1CN(C)C(=O)NC(C)CCCO. The second kappa shape index (κ2) is 8.02. The van der Waals surface area contributed by atoms with Crippen molar-refractivity contribution in [3.05, 3.63) is 35.6 Å². The Hall–Kier alpha value is -2.01. The van der Waals surface area contributed by atoms with Crippen molar-refractivity contribution in [2.45, 2.75) is 45.7 Å². The van der Waals surface area contributed by atoms with Crippen LogP contribution in [0.15, 0.2) is 28.7 Å². The van der Waals surface area contributed by atoms with Crippen molar-refractivity contribution in [3.63, 3.8) is 0 Å². The number of hydrogen-bond donors (Lipinski definition) is 2. The largest absolute Gasteiger partial charge is 0.461 e. The van der Waals surface area contributed by atoms with Gasteiger partial charge >= 0.3 is 6.03 Å². The van der Waals surface area contributed by atoms with E-state index in [-0.39, 0.29) is 18.7 Å². The minimum absolute atomic E-state index is 0.0452. The second-order valence-corrected chi connectivity index (χ2v) is 5.93. The summed E-state index contributed by atoms with van der Waals surface area (Å²) in [4.78, 5) is 14.0. The molecule has 2 N–H and O–H groups in total. The molecule has 1 unspecified atom stereocenters. The molecule has 0 bridgehead atoms. The summed E-state index contributed by atoms with van der Waals surface area (Å²) in [6, 6.07) is 7.86. The summed E-state index contributed by atoms with van der Waals surface area (Å²) in [7, 11) is 1.79. The van der Waals surface area contributed by atoms with Crippen molar-refractivity contribution < 1.29 is 14.3 Å². The van der Waals surface area contributed by atoms with Crippen molar-refractivity contribution in [2.75, 3.05) is 13.7 Å². The fraction of sp³-hybridized carbons (Fsp3) is 0.500. The highest BCUT2D eigenvalue weighted by Gasteiger charge is 2.18. The van der Waals surface area contributed by atoms with E-state index in [1.165, 1.54) is 0 Å². The summed E-state index contributed by atoms with van der Waals surface area (Å²) < 4.78 is 5.88. The van der Waals surface area contributed by atoms with Gasteiger partial charge in [0, 0.05) is 37.1 Å². The van der Waals surface area contributed by atoms with Crippen molar-refractivity contribution in [1.82, 2.24) is 10.2 Å². The molecule has 5 nitrogen and oxygen atoms in total. The quantitative estimate of drug-likeness (QED) is 0.823. The van der Waals surface area contributed by atoms with E-state index in [4.69, 9.17) is 9.52 Å². The number of benzene rings is 1. The molecule has 0 saturated carbocycles. The Bertz CT molecular complexity index is 651. The molecular formula is C18H26N2O3. The molecule has 0 saturated heterocycles. The number of aliphatic hydroxyl groups excluding tert-OH is 1. The fourth-order valence-electron chi connectivity index (χ4n) is 2.71. The number of para-hydroxylation sites is 1. The lowest BCUT2D eigenvalue weighted by Crippen LogP contribution is -2.41. The molecule has 0 aliphatic heterocycles. The average Bonchev–Trinajstić information content (AvgIpc) is 2.90. The molecule has 2 rings (SSSR count). The van der Waals surface area contributed by atoms with Gasteiger partial charge in [-0.1, -0.05) is 25.1 Å². The first kappa shape index (κ1) is 17.3. The van der Waals surface area contributed by atoms with Gasteiger partial charge in [0.1, 0.15) is 11.3 Å². The molecule has 1 aromatic carbocycles. The molecule has 1 aromatic heterocycles. The van der Waals surface area contributed by atoms with Crippen LogP contribution in [0.4, 0.5) is 4.79 Å². The van der Waals surface area contributed by atoms with Gasteiger partial charge < -0.3 is 19.7 Å². The Kier molecular flexibility index (Phi) is 6.04. The summed E-state index contributed by atoms with van der Waals surface area (Å²) in [6.07, 6.45) is 2.26. The van der Waals surface area contributed by atoms with E-state index in [0.717, 1.165) is 35.1 Å². The first-order chi connectivity index (χ1) is 11.1. The molecule has 2 aromatic rings. The standard InChI is InChI=1S/C18H26N2O3/c1-4-16-15(14-9-5-6-10-17(14)23-16)12-20(3)18(22)19-13(2)8-7-11-21/h5-6,9-10,13,21H,4,7-8,11-12H2,1-3H3,(H,19,22). The number of hydrogen-bond acceptors (Lipinski definition) is 3. The van der Waals surface area contributed by atoms with E-state index in [9.17, 15) is 4.79 Å². The van der Waals surface area contributed by atoms with E-state index in [0.29, 0.717) is 13.0 Å². The molecule has 23 heavy (non-hydrogen) atoms. The number of carbonyl (C=O) groups excluding carboxylic acids is 1. The smallest absolute Gasteiger partial charge is 0.317 e. The summed E-state index contributed by atoms with van der Waals surface area (Å²) in [5.74, 6) is 0.930. The molecule has 2 amide bonds. The van der Waals surface area contributed by atoms with E-state index in [1.807, 2.05) is 31.2 Å². The van der Waals surface area contributed by atoms with E-state index >= 15 is 0 Å². The summed E-state index contributed by atoms with van der Waals surface area (Å²) in [5.41, 5.74) is 1.94. The van der Waals surface area contributed by atoms with E-state index in [2.05, 4.69) is 12.2 Å². The molecule has 1 heterocycles. The normalized spacial score (nSPS) is 12.3. The van der Waals surface area contributed by atoms with Gasteiger partial charge in [-0.05, 0) is 25.8 Å². The van der Waals surface area contributed by atoms with E-state index in [1.54, 1.807) is 11.9 Å². The lowest BCUT2D eigenvalue weighted by Gasteiger charge is -2.21. The Balaban J connectivity index is 2.07. The van der Waals surface area contributed by atoms with Gasteiger partial charge in [0.15, 0.2) is 0 Å². The number of amides is 2. The summed E-state index contributed by atoms with van der Waals surface area (Å²) in [5, 5.41) is 12.9. The zero-order chi connectivity index (χ0) is 16.8. The monoisotopic (exact) mass is 318 g/mol. The maximum Gasteiger partial charge on any atom is 0.317 e. The van der Waals surface area contributed by atoms with Crippen LogP contribution < -0.4 is 5.32 Å². The number of aliphatic hydroxyl groups is 1. The third kappa shape index (κ3) is 4.26. The maximum absolute atomic E-state index is 12.3. The third-order valence-electron chi connectivity index (χ3n) is 4.01. The second-order valence-electron chi connectivity index (χ2n) is 5.93. The van der Waals surface area contributed by atoms with E-state index < -0.39 is 0 Å². The average molecular weight is 318 g/mol. The van der Waals surface area contributed by atoms with Gasteiger partial charge in [-0.2, -0.15) is 0 Å². The predicted molar refractivity (Wildman–Crippen MR) is 91.4 cm³/mol. The summed E-state index contributed by atoms with van der Waals surface area (Å²) in [6.45, 7) is 4.67. The highest BCUT2D eigenvalue weighted by molar-refractivity contribution is 5.83. The fourth-order valence-corrected chi connectivity index (χ4v) is 2.71. The zero-order valence-corrected chi connectivity index (χ0v) is 14.1. The number of fused-ring (bicyclic) bond motifs is 1. The number of furan rings is 1. The Morgan fingerprint density at radius 2 is 2.13 bits per heavy atom. The molecule has 1 atom stereocenters. The van der Waals surface area contributed by atoms with Crippen LogP contribution >= 0.6 is 0 Å². The lowest BCUT2D eigenvalue weighted by molar-refractivity contribution is 0.201. The van der Waals surface area contributed by atoms with Gasteiger partial charge in [-0.25, -0.2) is 4.79 Å². The number of urea groups is 1. The number of nitrogens with one attached hydrogen (secondary N) is 1. The Morgan fingerprint density at radius 3 is 2.83 bits per heavy atom. The van der Waals surface area contributed by atoms with Crippen LogP contribution in [0, 0.1) is 0 Å². The van der Waals surface area contributed by atoms with Gasteiger partial charge in [0.25, 0.3) is 0 Å². The number of rotatable bonds is 7. The van der Waals surface area contributed by atoms with Crippen LogP contribution in [0.3, 0.4) is 0 Å². The minimum Gasteiger partial charge on any atom is -0.461 e. The van der Waals surface area contributed by atoms with Gasteiger partial charge in [0.2, 0.25) is 0 Å². The molecule has 0 spiro atoms. The van der Waals surface area contributed by atoms with Gasteiger partial charge in [-0.15, -0.1) is 0 Å². The third-order valence-corrected chi connectivity index (χ3v) is 4.01. The first-order valence-corrected chi connectivity index (χ1v) is 8.18. The zero-order valence-electron chi connectivity index (χ0n) is 14.1. The van der Waals surface area contributed by atoms with Crippen molar-refractivity contribution in [1.29, 1.82) is 0 Å². The molecule has 0 aliphatic carbocycles. The van der Waals surface area contributed by atoms with Crippen LogP contribution in [0.2, 0.25) is 0 Å². The van der Waals surface area contributed by atoms with Crippen molar-refractivity contribution in [2.24, 2.45) is 0 Å². The van der Waals surface area contributed by atoms with Gasteiger partial charge in [-0.3, -0.25) is 0 Å². The number of nitrogens with zero attached hydrogens (tertiary/aromatic N) is 1. The Morgan fingerprint density at radius 1 is 1.39 bits per heavy atom. The van der Waals surface area contributed by atoms with Crippen LogP contribution in [0.5, 0.6) is 0 Å². The number of aryl methyl sites for hydroxylation is 1. The molecule has 5 heteroatoms. The van der Waals surface area contributed by atoms with Crippen molar-refractivity contribution >= 4 is 17.0 Å². The molecular weight excluding hydrogens is 292 g/mol.